The van der Waals surface area contributed by atoms with Crippen LogP contribution in [0.15, 0.2) is 60.7 Å². The molecule has 4 heteroatoms. The highest BCUT2D eigenvalue weighted by Gasteiger charge is 2.11. The Morgan fingerprint density at radius 1 is 0.950 bits per heavy atom. The summed E-state index contributed by atoms with van der Waals surface area (Å²) >= 11 is 0. The molecule has 1 N–H and O–H groups in total. The first-order valence-corrected chi connectivity index (χ1v) is 6.16. The third-order valence-corrected chi connectivity index (χ3v) is 2.96. The highest BCUT2D eigenvalue weighted by atomic mass is 19.1. The molecule has 3 rings (SSSR count). The van der Waals surface area contributed by atoms with Crippen molar-refractivity contribution in [2.45, 2.75) is 0 Å². The molecule has 0 unspecified atom stereocenters. The van der Waals surface area contributed by atoms with Crippen LogP contribution in [0.4, 0.5) is 10.2 Å². The van der Waals surface area contributed by atoms with Crippen LogP contribution in [0.2, 0.25) is 0 Å². The summed E-state index contributed by atoms with van der Waals surface area (Å²) in [7, 11) is 0. The number of nitrogens with one attached hydrogen (secondary N) is 1. The fourth-order valence-electron chi connectivity index (χ4n) is 1.96. The van der Waals surface area contributed by atoms with E-state index in [0.717, 1.165) is 10.9 Å². The predicted octanol–water partition coefficient (Wildman–Crippen LogP) is 3.63. The Hall–Kier alpha value is -2.75. The van der Waals surface area contributed by atoms with E-state index in [1.165, 1.54) is 12.1 Å². The lowest BCUT2D eigenvalue weighted by molar-refractivity contribution is 0.102. The predicted molar refractivity (Wildman–Crippen MR) is 76.1 cm³/mol. The number of carbonyl (C=O) groups excluding carboxylic acids is 1. The number of carbonyl (C=O) groups is 1. The van der Waals surface area contributed by atoms with Crippen LogP contribution >= 0.6 is 0 Å². The van der Waals surface area contributed by atoms with Crippen molar-refractivity contribution >= 4 is 22.6 Å². The Morgan fingerprint density at radius 3 is 2.55 bits per heavy atom. The summed E-state index contributed by atoms with van der Waals surface area (Å²) in [6, 6.07) is 17.0. The molecule has 98 valence electrons. The topological polar surface area (TPSA) is 42.0 Å². The zero-order valence-corrected chi connectivity index (χ0v) is 10.5. The average molecular weight is 266 g/mol. The molecule has 0 saturated carbocycles. The van der Waals surface area contributed by atoms with Crippen molar-refractivity contribution in [3.05, 3.63) is 72.0 Å². The molecule has 1 heterocycles. The number of fused-ring (bicyclic) bond motifs is 1. The van der Waals surface area contributed by atoms with Crippen LogP contribution in [0.25, 0.3) is 10.9 Å². The summed E-state index contributed by atoms with van der Waals surface area (Å²) in [5.74, 6) is -0.659. The summed E-state index contributed by atoms with van der Waals surface area (Å²) in [6.07, 6.45) is 0. The van der Waals surface area contributed by atoms with E-state index < -0.39 is 11.7 Å². The van der Waals surface area contributed by atoms with E-state index in [1.54, 1.807) is 18.2 Å². The van der Waals surface area contributed by atoms with Crippen molar-refractivity contribution in [3.8, 4) is 0 Å². The lowest BCUT2D eigenvalue weighted by Crippen LogP contribution is -2.14. The van der Waals surface area contributed by atoms with Gasteiger partial charge in [-0.05, 0) is 30.3 Å². The number of anilines is 1. The van der Waals surface area contributed by atoms with Crippen molar-refractivity contribution in [2.24, 2.45) is 0 Å². The van der Waals surface area contributed by atoms with Crippen LogP contribution < -0.4 is 5.32 Å². The quantitative estimate of drug-likeness (QED) is 0.769. The first-order valence-electron chi connectivity index (χ1n) is 6.16. The second-order valence-electron chi connectivity index (χ2n) is 4.32. The van der Waals surface area contributed by atoms with Gasteiger partial charge in [0.25, 0.3) is 5.91 Å². The number of hydrogen-bond donors (Lipinski definition) is 1. The SMILES string of the molecule is O=C(Nc1ccc2ccccc2n1)c1ccccc1F. The average Bonchev–Trinajstić information content (AvgIpc) is 2.47. The number of nitrogens with zero attached hydrogens (tertiary/aromatic N) is 1. The molecule has 0 fully saturated rings. The van der Waals surface area contributed by atoms with Gasteiger partial charge < -0.3 is 5.32 Å². The minimum atomic E-state index is -0.550. The molecule has 1 amide bonds. The van der Waals surface area contributed by atoms with E-state index in [1.807, 2.05) is 30.3 Å². The minimum absolute atomic E-state index is 0.00228. The van der Waals surface area contributed by atoms with Gasteiger partial charge in [-0.2, -0.15) is 0 Å². The lowest BCUT2D eigenvalue weighted by atomic mass is 10.2. The number of aromatic nitrogens is 1. The molecule has 0 atom stereocenters. The van der Waals surface area contributed by atoms with Crippen LogP contribution in [-0.4, -0.2) is 10.9 Å². The fraction of sp³-hybridized carbons (Fsp3) is 0. The van der Waals surface area contributed by atoms with Crippen LogP contribution in [0.1, 0.15) is 10.4 Å². The number of rotatable bonds is 2. The number of halogens is 1. The maximum atomic E-state index is 13.5. The Balaban J connectivity index is 1.89. The van der Waals surface area contributed by atoms with Gasteiger partial charge in [-0.3, -0.25) is 4.79 Å². The second kappa shape index (κ2) is 5.09. The molecule has 1 aromatic heterocycles. The van der Waals surface area contributed by atoms with E-state index in [4.69, 9.17) is 0 Å². The first kappa shape index (κ1) is 12.3. The molecule has 0 saturated heterocycles. The number of hydrogen-bond acceptors (Lipinski definition) is 2. The number of amides is 1. The molecule has 3 nitrogen and oxygen atoms in total. The smallest absolute Gasteiger partial charge is 0.259 e. The van der Waals surface area contributed by atoms with Gasteiger partial charge in [0.15, 0.2) is 0 Å². The Morgan fingerprint density at radius 2 is 1.70 bits per heavy atom. The number of benzene rings is 2. The molecule has 0 spiro atoms. The van der Waals surface area contributed by atoms with E-state index in [-0.39, 0.29) is 5.56 Å². The van der Waals surface area contributed by atoms with Gasteiger partial charge in [0.2, 0.25) is 0 Å². The number of pyridine rings is 1. The summed E-state index contributed by atoms with van der Waals surface area (Å²) in [5, 5.41) is 3.58. The zero-order chi connectivity index (χ0) is 13.9. The van der Waals surface area contributed by atoms with E-state index in [9.17, 15) is 9.18 Å². The van der Waals surface area contributed by atoms with E-state index in [2.05, 4.69) is 10.3 Å². The molecule has 0 bridgehead atoms. The third kappa shape index (κ3) is 2.36. The van der Waals surface area contributed by atoms with Crippen LogP contribution in [0.3, 0.4) is 0 Å². The van der Waals surface area contributed by atoms with E-state index in [0.29, 0.717) is 5.82 Å². The van der Waals surface area contributed by atoms with Gasteiger partial charge in [-0.25, -0.2) is 9.37 Å². The van der Waals surface area contributed by atoms with Crippen LogP contribution in [0, 0.1) is 5.82 Å². The third-order valence-electron chi connectivity index (χ3n) is 2.96. The van der Waals surface area contributed by atoms with Crippen molar-refractivity contribution in [2.75, 3.05) is 5.32 Å². The molecule has 3 aromatic rings. The Bertz CT molecular complexity index is 786. The molecule has 2 aromatic carbocycles. The lowest BCUT2D eigenvalue weighted by Gasteiger charge is -2.06. The summed E-state index contributed by atoms with van der Waals surface area (Å²) in [4.78, 5) is 16.3. The normalized spacial score (nSPS) is 10.4. The zero-order valence-electron chi connectivity index (χ0n) is 10.5. The Labute approximate surface area is 115 Å². The molecule has 20 heavy (non-hydrogen) atoms. The monoisotopic (exact) mass is 266 g/mol. The largest absolute Gasteiger partial charge is 0.306 e. The van der Waals surface area contributed by atoms with Crippen LogP contribution in [-0.2, 0) is 0 Å². The fourth-order valence-corrected chi connectivity index (χ4v) is 1.96. The molecule has 0 aliphatic heterocycles. The summed E-state index contributed by atoms with van der Waals surface area (Å²) < 4.78 is 13.5. The van der Waals surface area contributed by atoms with Gasteiger partial charge in [-0.1, -0.05) is 30.3 Å². The molecular formula is C16H11FN2O. The minimum Gasteiger partial charge on any atom is -0.306 e. The van der Waals surface area contributed by atoms with Gasteiger partial charge in [0.1, 0.15) is 11.6 Å². The van der Waals surface area contributed by atoms with Gasteiger partial charge >= 0.3 is 0 Å². The maximum absolute atomic E-state index is 13.5. The van der Waals surface area contributed by atoms with Crippen molar-refractivity contribution in [3.63, 3.8) is 0 Å². The van der Waals surface area contributed by atoms with Crippen molar-refractivity contribution in [1.29, 1.82) is 0 Å². The summed E-state index contributed by atoms with van der Waals surface area (Å²) in [6.45, 7) is 0. The Kier molecular flexibility index (Phi) is 3.13. The van der Waals surface area contributed by atoms with Crippen molar-refractivity contribution in [1.82, 2.24) is 4.98 Å². The molecular weight excluding hydrogens is 255 g/mol. The van der Waals surface area contributed by atoms with Gasteiger partial charge in [0.05, 0.1) is 11.1 Å². The molecule has 0 radical (unpaired) electrons. The van der Waals surface area contributed by atoms with Gasteiger partial charge in [-0.15, -0.1) is 0 Å². The number of para-hydroxylation sites is 1. The summed E-state index contributed by atoms with van der Waals surface area (Å²) in [5.41, 5.74) is 0.779. The van der Waals surface area contributed by atoms with Gasteiger partial charge in [0, 0.05) is 5.39 Å². The second-order valence-corrected chi connectivity index (χ2v) is 4.32. The highest BCUT2D eigenvalue weighted by molar-refractivity contribution is 6.04. The highest BCUT2D eigenvalue weighted by Crippen LogP contribution is 2.16. The molecule has 0 aliphatic rings. The van der Waals surface area contributed by atoms with E-state index >= 15 is 0 Å². The first-order chi connectivity index (χ1) is 9.74. The molecule has 0 aliphatic carbocycles. The van der Waals surface area contributed by atoms with Crippen molar-refractivity contribution < 1.29 is 9.18 Å². The van der Waals surface area contributed by atoms with Crippen LogP contribution in [0.5, 0.6) is 0 Å². The standard InChI is InChI=1S/C16H11FN2O/c17-13-7-3-2-6-12(13)16(20)19-15-10-9-11-5-1-4-8-14(11)18-15/h1-10H,(H,18,19,20). The maximum Gasteiger partial charge on any atom is 0.259 e.